The van der Waals surface area contributed by atoms with Crippen LogP contribution in [-0.4, -0.2) is 48.5 Å². The summed E-state index contributed by atoms with van der Waals surface area (Å²) in [6.45, 7) is 0. The maximum absolute atomic E-state index is 11.9. The molecule has 0 aromatic heterocycles. The van der Waals surface area contributed by atoms with Crippen LogP contribution in [0.4, 0.5) is 0 Å². The highest BCUT2D eigenvalue weighted by Crippen LogP contribution is 2.41. The van der Waals surface area contributed by atoms with Crippen molar-refractivity contribution in [2.75, 3.05) is 14.2 Å². The first-order valence-electron chi connectivity index (χ1n) is 5.41. The molecule has 0 bridgehead atoms. The van der Waals surface area contributed by atoms with E-state index in [1.165, 1.54) is 7.11 Å². The summed E-state index contributed by atoms with van der Waals surface area (Å²) in [6.07, 6.45) is 2.17. The van der Waals surface area contributed by atoms with Gasteiger partial charge in [-0.1, -0.05) is 15.9 Å². The monoisotopic (exact) mass is 381 g/mol. The third-order valence-corrected chi connectivity index (χ3v) is 5.01. The molecule has 1 fully saturated rings. The molecule has 100 valence electrons. The minimum absolute atomic E-state index is 0.0642. The van der Waals surface area contributed by atoms with Gasteiger partial charge in [-0.3, -0.25) is 14.9 Å². The largest absolute Gasteiger partial charge is 0.468 e. The number of carbonyl (C=O) groups is 2. The molecule has 1 saturated heterocycles. The number of hydrogen-bond acceptors (Lipinski definition) is 5. The van der Waals surface area contributed by atoms with E-state index in [-0.39, 0.29) is 17.8 Å². The number of allylic oxidation sites excluding steroid dienone is 1. The van der Waals surface area contributed by atoms with E-state index in [0.717, 1.165) is 0 Å². The Morgan fingerprint density at radius 1 is 1.56 bits per heavy atom. The third kappa shape index (κ3) is 2.07. The van der Waals surface area contributed by atoms with Gasteiger partial charge in [0, 0.05) is 13.5 Å². The Bertz CT molecular complexity index is 425. The molecule has 0 aromatic rings. The molecular formula is C11H13Br2NO4. The van der Waals surface area contributed by atoms with Crippen molar-refractivity contribution in [1.82, 2.24) is 5.32 Å². The van der Waals surface area contributed by atoms with Gasteiger partial charge in [-0.25, -0.2) is 0 Å². The Morgan fingerprint density at radius 2 is 2.22 bits per heavy atom. The summed E-state index contributed by atoms with van der Waals surface area (Å²) in [5.41, 5.74) is -0.681. The van der Waals surface area contributed by atoms with Crippen LogP contribution in [0, 0.1) is 0 Å². The fraction of sp³-hybridized carbons (Fsp3) is 0.636. The maximum atomic E-state index is 11.9. The maximum Gasteiger partial charge on any atom is 0.322 e. The summed E-state index contributed by atoms with van der Waals surface area (Å²) >= 11 is 6.60. The van der Waals surface area contributed by atoms with Crippen LogP contribution in [-0.2, 0) is 19.1 Å². The van der Waals surface area contributed by atoms with Gasteiger partial charge in [0.15, 0.2) is 5.78 Å². The van der Waals surface area contributed by atoms with Crippen LogP contribution >= 0.6 is 31.9 Å². The number of nitrogens with one attached hydrogen (secondary N) is 1. The van der Waals surface area contributed by atoms with E-state index in [4.69, 9.17) is 9.47 Å². The number of carbonyl (C=O) groups excluding carboxylic acids is 2. The van der Waals surface area contributed by atoms with Gasteiger partial charge in [-0.15, -0.1) is 0 Å². The molecule has 0 spiro atoms. The molecule has 1 heterocycles. The highest BCUT2D eigenvalue weighted by molar-refractivity contribution is 9.12. The number of rotatable bonds is 2. The van der Waals surface area contributed by atoms with E-state index in [1.807, 2.05) is 0 Å². The average molecular weight is 383 g/mol. The first-order chi connectivity index (χ1) is 8.45. The number of ether oxygens (including phenoxy) is 2. The SMILES string of the molecule is COC(=O)[C@@H]1C[C@@]2(OC)C=C(Br)C(=O)[C@H](Br)[C@H]2N1. The minimum atomic E-state index is -0.681. The number of methoxy groups -OCH3 is 2. The lowest BCUT2D eigenvalue weighted by molar-refractivity contribution is -0.143. The van der Waals surface area contributed by atoms with Crippen molar-refractivity contribution in [2.24, 2.45) is 0 Å². The Hall–Kier alpha value is -0.240. The predicted octanol–water partition coefficient (Wildman–Crippen LogP) is 0.900. The van der Waals surface area contributed by atoms with Crippen molar-refractivity contribution in [1.29, 1.82) is 0 Å². The van der Waals surface area contributed by atoms with Crippen LogP contribution in [0.25, 0.3) is 0 Å². The van der Waals surface area contributed by atoms with Crippen molar-refractivity contribution in [2.45, 2.75) is 28.9 Å². The molecule has 0 radical (unpaired) electrons. The molecule has 1 N–H and O–H groups in total. The summed E-state index contributed by atoms with van der Waals surface area (Å²) in [6, 6.07) is -0.761. The van der Waals surface area contributed by atoms with Crippen molar-refractivity contribution in [3.8, 4) is 0 Å². The lowest BCUT2D eigenvalue weighted by Crippen LogP contribution is -2.54. The predicted molar refractivity (Wildman–Crippen MR) is 71.8 cm³/mol. The topological polar surface area (TPSA) is 64.6 Å². The van der Waals surface area contributed by atoms with Gasteiger partial charge in [0.1, 0.15) is 11.6 Å². The van der Waals surface area contributed by atoms with E-state index >= 15 is 0 Å². The number of Topliss-reactive ketones (excluding diaryl/α,β-unsaturated/α-hetero) is 1. The molecule has 0 saturated carbocycles. The summed E-state index contributed by atoms with van der Waals surface area (Å²) < 4.78 is 10.8. The van der Waals surface area contributed by atoms with Crippen molar-refractivity contribution < 1.29 is 19.1 Å². The second kappa shape index (κ2) is 5.03. The zero-order chi connectivity index (χ0) is 13.5. The van der Waals surface area contributed by atoms with E-state index in [2.05, 4.69) is 37.2 Å². The average Bonchev–Trinajstić information content (AvgIpc) is 2.75. The van der Waals surface area contributed by atoms with Crippen molar-refractivity contribution >= 4 is 43.6 Å². The number of halogens is 2. The quantitative estimate of drug-likeness (QED) is 0.567. The molecule has 4 atom stereocenters. The Balaban J connectivity index is 2.36. The highest BCUT2D eigenvalue weighted by Gasteiger charge is 2.55. The minimum Gasteiger partial charge on any atom is -0.468 e. The van der Waals surface area contributed by atoms with Crippen LogP contribution in [0.5, 0.6) is 0 Å². The molecule has 7 heteroatoms. The normalized spacial score (nSPS) is 39.2. The molecule has 18 heavy (non-hydrogen) atoms. The lowest BCUT2D eigenvalue weighted by Gasteiger charge is -2.36. The van der Waals surface area contributed by atoms with Gasteiger partial charge in [0.05, 0.1) is 22.5 Å². The van der Waals surface area contributed by atoms with Gasteiger partial charge >= 0.3 is 5.97 Å². The number of alkyl halides is 1. The van der Waals surface area contributed by atoms with E-state index < -0.39 is 16.5 Å². The smallest absolute Gasteiger partial charge is 0.322 e. The highest BCUT2D eigenvalue weighted by atomic mass is 79.9. The summed E-state index contributed by atoms with van der Waals surface area (Å²) in [5.74, 6) is -0.414. The van der Waals surface area contributed by atoms with Crippen LogP contribution in [0.3, 0.4) is 0 Å². The van der Waals surface area contributed by atoms with E-state index in [1.54, 1.807) is 13.2 Å². The Kier molecular flexibility index (Phi) is 3.96. The van der Waals surface area contributed by atoms with E-state index in [0.29, 0.717) is 10.9 Å². The van der Waals surface area contributed by atoms with Gasteiger partial charge < -0.3 is 9.47 Å². The fourth-order valence-corrected chi connectivity index (χ4v) is 4.26. The summed E-state index contributed by atoms with van der Waals surface area (Å²) in [4.78, 5) is 23.1. The van der Waals surface area contributed by atoms with Crippen LogP contribution < -0.4 is 5.32 Å². The molecule has 5 nitrogen and oxygen atoms in total. The van der Waals surface area contributed by atoms with Gasteiger partial charge in [-0.05, 0) is 22.0 Å². The molecule has 1 aliphatic heterocycles. The second-order valence-electron chi connectivity index (χ2n) is 4.34. The third-order valence-electron chi connectivity index (χ3n) is 3.45. The zero-order valence-electron chi connectivity index (χ0n) is 9.91. The number of esters is 1. The van der Waals surface area contributed by atoms with Gasteiger partial charge in [-0.2, -0.15) is 0 Å². The summed E-state index contributed by atoms with van der Waals surface area (Å²) in [7, 11) is 2.91. The Morgan fingerprint density at radius 3 is 2.78 bits per heavy atom. The lowest BCUT2D eigenvalue weighted by atomic mass is 9.85. The molecule has 0 aromatic carbocycles. The number of hydrogen-bond donors (Lipinski definition) is 1. The molecule has 2 aliphatic rings. The van der Waals surface area contributed by atoms with E-state index in [9.17, 15) is 9.59 Å². The van der Waals surface area contributed by atoms with Crippen LogP contribution in [0.15, 0.2) is 10.6 Å². The molecular weight excluding hydrogens is 370 g/mol. The fourth-order valence-electron chi connectivity index (χ4n) is 2.48. The number of ketones is 1. The van der Waals surface area contributed by atoms with Crippen LogP contribution in [0.1, 0.15) is 6.42 Å². The first kappa shape index (κ1) is 14.2. The van der Waals surface area contributed by atoms with Gasteiger partial charge in [0.2, 0.25) is 0 Å². The van der Waals surface area contributed by atoms with Crippen molar-refractivity contribution in [3.05, 3.63) is 10.6 Å². The molecule has 0 unspecified atom stereocenters. The molecule has 2 rings (SSSR count). The Labute approximate surface area is 122 Å². The van der Waals surface area contributed by atoms with Gasteiger partial charge in [0.25, 0.3) is 0 Å². The molecule has 0 amide bonds. The molecule has 1 aliphatic carbocycles. The first-order valence-corrected chi connectivity index (χ1v) is 7.11. The van der Waals surface area contributed by atoms with Crippen molar-refractivity contribution in [3.63, 3.8) is 0 Å². The second-order valence-corrected chi connectivity index (χ2v) is 6.18. The standard InChI is InChI=1S/C11H13Br2NO4/c1-17-10(16)6-4-11(18-2)3-5(12)8(15)7(13)9(11)14-6/h3,6-7,9,14H,4H2,1-2H3/t6-,7-,9+,11-/m0/s1. The zero-order valence-corrected chi connectivity index (χ0v) is 13.1. The van der Waals surface area contributed by atoms with Crippen LogP contribution in [0.2, 0.25) is 0 Å². The summed E-state index contributed by atoms with van der Waals surface area (Å²) in [5, 5.41) is 3.10. The number of fused-ring (bicyclic) bond motifs is 1.